The number of hydrogen-bond donors (Lipinski definition) is 1. The van der Waals surface area contributed by atoms with Gasteiger partial charge in [0.05, 0.1) is 17.7 Å². The van der Waals surface area contributed by atoms with E-state index in [0.717, 1.165) is 26.6 Å². The number of carbonyl (C=O) groups is 2. The minimum atomic E-state index is -4.31. The van der Waals surface area contributed by atoms with Crippen molar-refractivity contribution in [1.82, 2.24) is 10.2 Å². The third-order valence-electron chi connectivity index (χ3n) is 8.17. The van der Waals surface area contributed by atoms with Gasteiger partial charge in [0.25, 0.3) is 10.0 Å². The average molecular weight is 676 g/mol. The predicted octanol–water partition coefficient (Wildman–Crippen LogP) is 6.72. The van der Waals surface area contributed by atoms with Gasteiger partial charge in [-0.1, -0.05) is 90.8 Å². The smallest absolute Gasteiger partial charge is 0.264 e. The van der Waals surface area contributed by atoms with E-state index in [2.05, 4.69) is 5.32 Å². The summed E-state index contributed by atoms with van der Waals surface area (Å²) in [7, 11) is -2.89. The summed E-state index contributed by atoms with van der Waals surface area (Å²) in [5.41, 5.74) is 3.62. The first-order chi connectivity index (χ1) is 22.4. The van der Waals surface area contributed by atoms with Gasteiger partial charge in [-0.2, -0.15) is 0 Å². The molecular formula is C37H42ClN3O5S. The van der Waals surface area contributed by atoms with Gasteiger partial charge in [-0.05, 0) is 74.2 Å². The van der Waals surface area contributed by atoms with Crippen molar-refractivity contribution in [3.05, 3.63) is 124 Å². The third-order valence-corrected chi connectivity index (χ3v) is 10.2. The molecule has 0 aliphatic rings. The Kier molecular flexibility index (Phi) is 12.1. The maximum Gasteiger partial charge on any atom is 0.264 e. The molecule has 0 bridgehead atoms. The van der Waals surface area contributed by atoms with Gasteiger partial charge < -0.3 is 15.0 Å². The zero-order chi connectivity index (χ0) is 34.1. The highest BCUT2D eigenvalue weighted by Gasteiger charge is 2.36. The van der Waals surface area contributed by atoms with E-state index in [9.17, 15) is 18.0 Å². The second-order valence-electron chi connectivity index (χ2n) is 11.6. The Labute approximate surface area is 283 Å². The number of nitrogens with zero attached hydrogens (tertiary/aromatic N) is 2. The molecule has 8 nitrogen and oxygen atoms in total. The van der Waals surface area contributed by atoms with Crippen molar-refractivity contribution in [2.24, 2.45) is 0 Å². The maximum atomic E-state index is 14.7. The Hall–Kier alpha value is -4.34. The fourth-order valence-corrected chi connectivity index (χ4v) is 6.76. The average Bonchev–Trinajstić information content (AvgIpc) is 3.06. The number of anilines is 1. The van der Waals surface area contributed by atoms with E-state index in [-0.39, 0.29) is 46.3 Å². The van der Waals surface area contributed by atoms with Crippen LogP contribution in [0.25, 0.3) is 0 Å². The van der Waals surface area contributed by atoms with Crippen LogP contribution in [0.3, 0.4) is 0 Å². The van der Waals surface area contributed by atoms with Gasteiger partial charge in [0.15, 0.2) is 0 Å². The molecule has 2 atom stereocenters. The van der Waals surface area contributed by atoms with Gasteiger partial charge >= 0.3 is 0 Å². The lowest BCUT2D eigenvalue weighted by molar-refractivity contribution is -0.140. The molecule has 248 valence electrons. The highest BCUT2D eigenvalue weighted by molar-refractivity contribution is 7.92. The third kappa shape index (κ3) is 8.93. The zero-order valence-corrected chi connectivity index (χ0v) is 29.0. The molecule has 4 aromatic carbocycles. The summed E-state index contributed by atoms with van der Waals surface area (Å²) in [5.74, 6) is -0.664. The molecular weight excluding hydrogens is 634 g/mol. The monoisotopic (exact) mass is 675 g/mol. The summed E-state index contributed by atoms with van der Waals surface area (Å²) in [6, 6.07) is 27.0. The molecule has 0 radical (unpaired) electrons. The van der Waals surface area contributed by atoms with Crippen LogP contribution in [0.2, 0.25) is 5.02 Å². The standard InChI is InChI=1S/C37H42ClN3O5S/c1-6-28(4)39-37(43)34(22-29-13-8-7-9-14-29)40(24-30-15-11-10-12-27(30)3)36(42)25-41(33-23-31(38)18-21-35(33)46-5)47(44,45)32-19-16-26(2)17-20-32/h7-21,23,28,34H,6,22,24-25H2,1-5H3,(H,39,43). The molecule has 2 amide bonds. The van der Waals surface area contributed by atoms with Crippen molar-refractivity contribution in [2.75, 3.05) is 18.0 Å². The predicted molar refractivity (Wildman–Crippen MR) is 187 cm³/mol. The Bertz CT molecular complexity index is 1780. The Morgan fingerprint density at radius 1 is 0.915 bits per heavy atom. The molecule has 0 saturated carbocycles. The van der Waals surface area contributed by atoms with E-state index in [0.29, 0.717) is 6.42 Å². The number of carbonyl (C=O) groups excluding carboxylic acids is 2. The fourth-order valence-electron chi connectivity index (χ4n) is 5.17. The molecule has 0 spiro atoms. The SMILES string of the molecule is CCC(C)NC(=O)C(Cc1ccccc1)N(Cc1ccccc1C)C(=O)CN(c1cc(Cl)ccc1OC)S(=O)(=O)c1ccc(C)cc1. The van der Waals surface area contributed by atoms with Crippen LogP contribution in [0.1, 0.15) is 42.5 Å². The summed E-state index contributed by atoms with van der Waals surface area (Å²) >= 11 is 6.38. The number of amides is 2. The molecule has 47 heavy (non-hydrogen) atoms. The first kappa shape index (κ1) is 35.5. The van der Waals surface area contributed by atoms with E-state index in [4.69, 9.17) is 16.3 Å². The van der Waals surface area contributed by atoms with Gasteiger partial charge in [0.1, 0.15) is 18.3 Å². The molecule has 0 aromatic heterocycles. The highest BCUT2D eigenvalue weighted by atomic mass is 35.5. The number of nitrogens with one attached hydrogen (secondary N) is 1. The van der Waals surface area contributed by atoms with Crippen molar-refractivity contribution in [2.45, 2.75) is 64.1 Å². The Morgan fingerprint density at radius 2 is 1.57 bits per heavy atom. The molecule has 4 aromatic rings. The zero-order valence-electron chi connectivity index (χ0n) is 27.4. The first-order valence-corrected chi connectivity index (χ1v) is 17.4. The quantitative estimate of drug-likeness (QED) is 0.160. The van der Waals surface area contributed by atoms with Gasteiger partial charge in [0, 0.05) is 24.0 Å². The van der Waals surface area contributed by atoms with Crippen molar-refractivity contribution >= 4 is 39.1 Å². The summed E-state index contributed by atoms with van der Waals surface area (Å²) in [6.45, 7) is 7.15. The molecule has 0 fully saturated rings. The van der Waals surface area contributed by atoms with Gasteiger partial charge in [0.2, 0.25) is 11.8 Å². The topological polar surface area (TPSA) is 96.0 Å². The number of halogens is 1. The van der Waals surface area contributed by atoms with E-state index in [1.54, 1.807) is 24.3 Å². The van der Waals surface area contributed by atoms with E-state index in [1.165, 1.54) is 30.2 Å². The number of hydrogen-bond acceptors (Lipinski definition) is 5. The van der Waals surface area contributed by atoms with Crippen molar-refractivity contribution < 1.29 is 22.7 Å². The molecule has 10 heteroatoms. The summed E-state index contributed by atoms with van der Waals surface area (Å²) < 4.78 is 35.3. The Balaban J connectivity index is 1.87. The van der Waals surface area contributed by atoms with Crippen LogP contribution in [0, 0.1) is 13.8 Å². The Morgan fingerprint density at radius 3 is 2.21 bits per heavy atom. The maximum absolute atomic E-state index is 14.7. The van der Waals surface area contributed by atoms with Crippen LogP contribution in [0.5, 0.6) is 5.75 Å². The van der Waals surface area contributed by atoms with Crippen LogP contribution in [0.4, 0.5) is 5.69 Å². The van der Waals surface area contributed by atoms with Crippen molar-refractivity contribution in [1.29, 1.82) is 0 Å². The lowest BCUT2D eigenvalue weighted by Gasteiger charge is -2.35. The van der Waals surface area contributed by atoms with Crippen LogP contribution in [0.15, 0.2) is 102 Å². The van der Waals surface area contributed by atoms with E-state index < -0.39 is 28.5 Å². The largest absolute Gasteiger partial charge is 0.495 e. The molecule has 0 heterocycles. The normalized spacial score (nSPS) is 12.6. The molecule has 1 N–H and O–H groups in total. The minimum absolute atomic E-state index is 0.00117. The summed E-state index contributed by atoms with van der Waals surface area (Å²) in [6.07, 6.45) is 0.929. The second kappa shape index (κ2) is 16.0. The van der Waals surface area contributed by atoms with Crippen LogP contribution in [-0.4, -0.2) is 50.9 Å². The van der Waals surface area contributed by atoms with Crippen molar-refractivity contribution in [3.63, 3.8) is 0 Å². The summed E-state index contributed by atoms with van der Waals surface area (Å²) in [5, 5.41) is 3.32. The number of rotatable bonds is 14. The van der Waals surface area contributed by atoms with Gasteiger partial charge in [-0.15, -0.1) is 0 Å². The second-order valence-corrected chi connectivity index (χ2v) is 13.9. The van der Waals surface area contributed by atoms with Crippen LogP contribution < -0.4 is 14.4 Å². The molecule has 0 aliphatic carbocycles. The minimum Gasteiger partial charge on any atom is -0.495 e. The number of sulfonamides is 1. The van der Waals surface area contributed by atoms with Gasteiger partial charge in [-0.25, -0.2) is 8.42 Å². The van der Waals surface area contributed by atoms with Crippen LogP contribution in [-0.2, 0) is 32.6 Å². The molecule has 0 aliphatic heterocycles. The molecule has 4 rings (SSSR count). The fraction of sp³-hybridized carbons (Fsp3) is 0.297. The highest BCUT2D eigenvalue weighted by Crippen LogP contribution is 2.35. The first-order valence-electron chi connectivity index (χ1n) is 15.6. The van der Waals surface area contributed by atoms with Crippen molar-refractivity contribution in [3.8, 4) is 5.75 Å². The number of methoxy groups -OCH3 is 1. The van der Waals surface area contributed by atoms with Gasteiger partial charge in [-0.3, -0.25) is 13.9 Å². The number of benzene rings is 4. The molecule has 0 saturated heterocycles. The lowest BCUT2D eigenvalue weighted by Crippen LogP contribution is -2.54. The number of aryl methyl sites for hydroxylation is 2. The molecule has 2 unspecified atom stereocenters. The summed E-state index contributed by atoms with van der Waals surface area (Å²) in [4.78, 5) is 30.2. The number of ether oxygens (including phenoxy) is 1. The lowest BCUT2D eigenvalue weighted by atomic mass is 10.0. The van der Waals surface area contributed by atoms with E-state index >= 15 is 0 Å². The van der Waals surface area contributed by atoms with Crippen LogP contribution >= 0.6 is 11.6 Å². The van der Waals surface area contributed by atoms with E-state index in [1.807, 2.05) is 82.3 Å².